The van der Waals surface area contributed by atoms with E-state index in [1.165, 1.54) is 17.1 Å². The van der Waals surface area contributed by atoms with Crippen molar-refractivity contribution < 1.29 is 10.0 Å². The van der Waals surface area contributed by atoms with Gasteiger partial charge in [-0.3, -0.25) is 14.8 Å². The molecule has 0 radical (unpaired) electrons. The zero-order valence-electron chi connectivity index (χ0n) is 10.5. The molecule has 0 aliphatic heterocycles. The van der Waals surface area contributed by atoms with Crippen molar-refractivity contribution in [1.29, 1.82) is 0 Å². The van der Waals surface area contributed by atoms with E-state index < -0.39 is 11.0 Å². The molecule has 1 rings (SSSR count). The first-order valence-corrected chi connectivity index (χ1v) is 5.69. The summed E-state index contributed by atoms with van der Waals surface area (Å²) in [5.74, 6) is 0. The Labute approximate surface area is 100 Å². The van der Waals surface area contributed by atoms with Gasteiger partial charge in [0.15, 0.2) is 0 Å². The highest BCUT2D eigenvalue weighted by Gasteiger charge is 2.21. The molecule has 1 heterocycles. The lowest BCUT2D eigenvalue weighted by Gasteiger charge is -2.25. The van der Waals surface area contributed by atoms with Crippen LogP contribution < -0.4 is 0 Å². The molecule has 1 unspecified atom stereocenters. The van der Waals surface area contributed by atoms with E-state index in [0.717, 1.165) is 6.42 Å². The number of nitrogens with zero attached hydrogens (tertiary/aromatic N) is 3. The molecule has 0 fully saturated rings. The van der Waals surface area contributed by atoms with Crippen molar-refractivity contribution in [3.05, 3.63) is 22.5 Å². The third-order valence-corrected chi connectivity index (χ3v) is 2.97. The second-order valence-electron chi connectivity index (χ2n) is 5.05. The molecule has 96 valence electrons. The second-order valence-corrected chi connectivity index (χ2v) is 5.05. The van der Waals surface area contributed by atoms with Crippen LogP contribution >= 0.6 is 0 Å². The number of aliphatic hydroxyl groups is 1. The molecule has 0 spiro atoms. The third kappa shape index (κ3) is 4.14. The largest absolute Gasteiger partial charge is 0.391 e. The van der Waals surface area contributed by atoms with E-state index in [0.29, 0.717) is 6.42 Å². The Morgan fingerprint density at radius 1 is 1.65 bits per heavy atom. The SMILES string of the molecule is CCC(C)(C)CC(O)Cn1cc([N+](=O)[O-])cn1. The van der Waals surface area contributed by atoms with Crippen LogP contribution in [0.15, 0.2) is 12.4 Å². The fourth-order valence-corrected chi connectivity index (χ4v) is 1.61. The fourth-order valence-electron chi connectivity index (χ4n) is 1.61. The monoisotopic (exact) mass is 241 g/mol. The van der Waals surface area contributed by atoms with E-state index in [9.17, 15) is 15.2 Å². The second kappa shape index (κ2) is 5.27. The van der Waals surface area contributed by atoms with Gasteiger partial charge in [-0.05, 0) is 11.8 Å². The average molecular weight is 241 g/mol. The lowest BCUT2D eigenvalue weighted by atomic mass is 9.84. The van der Waals surface area contributed by atoms with Gasteiger partial charge in [-0.1, -0.05) is 27.2 Å². The molecule has 0 bridgehead atoms. The van der Waals surface area contributed by atoms with Gasteiger partial charge in [0.25, 0.3) is 0 Å². The molecule has 17 heavy (non-hydrogen) atoms. The first kappa shape index (κ1) is 13.6. The molecule has 0 saturated heterocycles. The molecule has 1 N–H and O–H groups in total. The minimum absolute atomic E-state index is 0.0491. The van der Waals surface area contributed by atoms with Gasteiger partial charge in [0.1, 0.15) is 12.4 Å². The quantitative estimate of drug-likeness (QED) is 0.610. The Hall–Kier alpha value is -1.43. The molecule has 0 amide bonds. The van der Waals surface area contributed by atoms with Gasteiger partial charge >= 0.3 is 5.69 Å². The molecule has 1 aromatic heterocycles. The number of aromatic nitrogens is 2. The van der Waals surface area contributed by atoms with E-state index in [4.69, 9.17) is 0 Å². The molecular formula is C11H19N3O3. The first-order chi connectivity index (χ1) is 7.84. The number of nitro groups is 1. The maximum Gasteiger partial charge on any atom is 0.306 e. The Balaban J connectivity index is 2.56. The van der Waals surface area contributed by atoms with Crippen molar-refractivity contribution in [1.82, 2.24) is 9.78 Å². The predicted octanol–water partition coefficient (Wildman–Crippen LogP) is 1.98. The van der Waals surface area contributed by atoms with Crippen molar-refractivity contribution >= 4 is 5.69 Å². The van der Waals surface area contributed by atoms with Gasteiger partial charge in [-0.15, -0.1) is 0 Å². The van der Waals surface area contributed by atoms with Crippen LogP contribution in [0.1, 0.15) is 33.6 Å². The van der Waals surface area contributed by atoms with Gasteiger partial charge < -0.3 is 5.11 Å². The zero-order valence-corrected chi connectivity index (χ0v) is 10.5. The highest BCUT2D eigenvalue weighted by Crippen LogP contribution is 2.26. The summed E-state index contributed by atoms with van der Waals surface area (Å²) in [5.41, 5.74) is 0.0188. The maximum absolute atomic E-state index is 10.5. The van der Waals surface area contributed by atoms with Crippen LogP contribution in [0.2, 0.25) is 0 Å². The average Bonchev–Trinajstić information content (AvgIpc) is 2.65. The molecule has 0 aromatic carbocycles. The summed E-state index contributed by atoms with van der Waals surface area (Å²) in [6.45, 7) is 6.53. The van der Waals surface area contributed by atoms with Gasteiger partial charge in [0.2, 0.25) is 0 Å². The number of hydrogen-bond acceptors (Lipinski definition) is 4. The molecule has 6 heteroatoms. The fraction of sp³-hybridized carbons (Fsp3) is 0.727. The standard InChI is InChI=1S/C11H19N3O3/c1-4-11(2,3)5-10(15)8-13-7-9(6-12-13)14(16)17/h6-7,10,15H,4-5,8H2,1-3H3. The number of rotatable bonds is 6. The van der Waals surface area contributed by atoms with Crippen LogP contribution in [0.3, 0.4) is 0 Å². The summed E-state index contributed by atoms with van der Waals surface area (Å²) in [6.07, 6.45) is 3.62. The Morgan fingerprint density at radius 2 is 2.29 bits per heavy atom. The van der Waals surface area contributed by atoms with E-state index >= 15 is 0 Å². The van der Waals surface area contributed by atoms with Crippen LogP contribution in [-0.2, 0) is 6.54 Å². The highest BCUT2D eigenvalue weighted by atomic mass is 16.6. The molecule has 6 nitrogen and oxygen atoms in total. The third-order valence-electron chi connectivity index (χ3n) is 2.97. The minimum atomic E-state index is -0.538. The minimum Gasteiger partial charge on any atom is -0.391 e. The molecule has 1 aromatic rings. The van der Waals surface area contributed by atoms with Crippen LogP contribution in [0.25, 0.3) is 0 Å². The molecule has 0 aliphatic carbocycles. The van der Waals surface area contributed by atoms with Crippen molar-refractivity contribution in [3.8, 4) is 0 Å². The number of hydrogen-bond donors (Lipinski definition) is 1. The summed E-state index contributed by atoms with van der Waals surface area (Å²) in [7, 11) is 0. The van der Waals surface area contributed by atoms with Gasteiger partial charge in [0, 0.05) is 0 Å². The molecular weight excluding hydrogens is 222 g/mol. The van der Waals surface area contributed by atoms with Gasteiger partial charge in [-0.25, -0.2) is 0 Å². The Morgan fingerprint density at radius 3 is 2.76 bits per heavy atom. The van der Waals surface area contributed by atoms with Crippen molar-refractivity contribution in [2.75, 3.05) is 0 Å². The van der Waals surface area contributed by atoms with Crippen molar-refractivity contribution in [3.63, 3.8) is 0 Å². The normalized spacial score (nSPS) is 13.6. The summed E-state index contributed by atoms with van der Waals surface area (Å²) < 4.78 is 1.41. The van der Waals surface area contributed by atoms with Crippen molar-refractivity contribution in [2.45, 2.75) is 46.3 Å². The van der Waals surface area contributed by atoms with Crippen LogP contribution in [-0.4, -0.2) is 25.9 Å². The summed E-state index contributed by atoms with van der Waals surface area (Å²) in [4.78, 5) is 9.97. The van der Waals surface area contributed by atoms with Crippen molar-refractivity contribution in [2.24, 2.45) is 5.41 Å². The lowest BCUT2D eigenvalue weighted by Crippen LogP contribution is -2.24. The summed E-state index contributed by atoms with van der Waals surface area (Å²) in [6, 6.07) is 0. The van der Waals surface area contributed by atoms with Crippen LogP contribution in [0.4, 0.5) is 5.69 Å². The topological polar surface area (TPSA) is 81.2 Å². The summed E-state index contributed by atoms with van der Waals surface area (Å²) in [5, 5.41) is 24.2. The van der Waals surface area contributed by atoms with E-state index in [-0.39, 0.29) is 17.6 Å². The molecule has 1 atom stereocenters. The zero-order chi connectivity index (χ0) is 13.1. The van der Waals surface area contributed by atoms with Gasteiger partial charge in [0.05, 0.1) is 17.6 Å². The predicted molar refractivity (Wildman–Crippen MR) is 63.6 cm³/mol. The lowest BCUT2D eigenvalue weighted by molar-refractivity contribution is -0.385. The van der Waals surface area contributed by atoms with E-state index in [1.807, 2.05) is 0 Å². The van der Waals surface area contributed by atoms with E-state index in [2.05, 4.69) is 25.9 Å². The maximum atomic E-state index is 10.5. The van der Waals surface area contributed by atoms with E-state index in [1.54, 1.807) is 0 Å². The van der Waals surface area contributed by atoms with Crippen LogP contribution in [0.5, 0.6) is 0 Å². The molecule has 0 aliphatic rings. The molecule has 0 saturated carbocycles. The van der Waals surface area contributed by atoms with Gasteiger partial charge in [-0.2, -0.15) is 5.10 Å². The number of aliphatic hydroxyl groups excluding tert-OH is 1. The summed E-state index contributed by atoms with van der Waals surface area (Å²) >= 11 is 0. The highest BCUT2D eigenvalue weighted by molar-refractivity contribution is 5.20. The Bertz CT molecular complexity index is 387. The Kier molecular flexibility index (Phi) is 4.22. The first-order valence-electron chi connectivity index (χ1n) is 5.69. The van der Waals surface area contributed by atoms with Crippen LogP contribution in [0, 0.1) is 15.5 Å². The smallest absolute Gasteiger partial charge is 0.306 e.